The molecule has 2 heterocycles. The molecule has 2 aromatic rings. The smallest absolute Gasteiger partial charge is 0.223 e. The molecule has 0 radical (unpaired) electrons. The highest BCUT2D eigenvalue weighted by Gasteiger charge is 2.47. The number of hydrogen-bond acceptors (Lipinski definition) is 6. The van der Waals surface area contributed by atoms with E-state index in [2.05, 4.69) is 0 Å². The Balaban J connectivity index is 1.81. The number of rotatable bonds is 4. The van der Waals surface area contributed by atoms with Gasteiger partial charge in [-0.2, -0.15) is 0 Å². The first kappa shape index (κ1) is 20.7. The van der Waals surface area contributed by atoms with E-state index in [0.717, 1.165) is 0 Å². The number of aliphatic hydroxyl groups excluding tert-OH is 1. The number of sulfone groups is 1. The molecule has 2 aromatic carbocycles. The van der Waals surface area contributed by atoms with Crippen molar-refractivity contribution in [1.29, 1.82) is 0 Å². The van der Waals surface area contributed by atoms with Crippen LogP contribution in [0.25, 0.3) is 0 Å². The summed E-state index contributed by atoms with van der Waals surface area (Å²) >= 11 is 0. The van der Waals surface area contributed by atoms with Crippen LogP contribution in [0.4, 0.5) is 0 Å². The third-order valence-corrected chi connectivity index (χ3v) is 7.58. The normalized spacial score (nSPS) is 23.1. The fourth-order valence-electron chi connectivity index (χ4n) is 4.10. The predicted octanol–water partition coefficient (Wildman–Crippen LogP) is 2.72. The third-order valence-electron chi connectivity index (χ3n) is 5.81. The maximum atomic E-state index is 13.2. The van der Waals surface area contributed by atoms with Crippen LogP contribution in [0.1, 0.15) is 38.3 Å². The van der Waals surface area contributed by atoms with Gasteiger partial charge in [-0.3, -0.25) is 4.79 Å². The van der Waals surface area contributed by atoms with Gasteiger partial charge in [-0.15, -0.1) is 0 Å². The van der Waals surface area contributed by atoms with E-state index in [1.807, 2.05) is 0 Å². The summed E-state index contributed by atoms with van der Waals surface area (Å²) in [6.07, 6.45) is 0.137. The van der Waals surface area contributed by atoms with E-state index in [1.54, 1.807) is 36.9 Å². The summed E-state index contributed by atoms with van der Waals surface area (Å²) < 4.78 is 37.5. The minimum absolute atomic E-state index is 0.0499. The summed E-state index contributed by atoms with van der Waals surface area (Å²) in [5.74, 6) is 0.987. The van der Waals surface area contributed by atoms with Gasteiger partial charge in [0.2, 0.25) is 15.7 Å². The van der Waals surface area contributed by atoms with Crippen molar-refractivity contribution in [2.24, 2.45) is 0 Å². The van der Waals surface area contributed by atoms with E-state index in [1.165, 1.54) is 31.4 Å². The molecule has 1 amide bonds. The van der Waals surface area contributed by atoms with Crippen molar-refractivity contribution in [2.75, 3.05) is 13.7 Å². The van der Waals surface area contributed by atoms with E-state index < -0.39 is 27.6 Å². The molecule has 8 heteroatoms. The second kappa shape index (κ2) is 7.28. The highest BCUT2D eigenvalue weighted by Crippen LogP contribution is 2.45. The lowest BCUT2D eigenvalue weighted by atomic mass is 9.85. The zero-order chi connectivity index (χ0) is 21.7. The van der Waals surface area contributed by atoms with Gasteiger partial charge in [-0.05, 0) is 62.7 Å². The zero-order valence-corrected chi connectivity index (χ0v) is 18.0. The lowest BCUT2D eigenvalue weighted by molar-refractivity contribution is -0.139. The van der Waals surface area contributed by atoms with Gasteiger partial charge < -0.3 is 19.5 Å². The Morgan fingerprint density at radius 3 is 2.40 bits per heavy atom. The van der Waals surface area contributed by atoms with Crippen LogP contribution in [-0.4, -0.2) is 49.7 Å². The number of fused-ring (bicyclic) bond motifs is 1. The van der Waals surface area contributed by atoms with Crippen LogP contribution < -0.4 is 9.47 Å². The van der Waals surface area contributed by atoms with E-state index in [0.29, 0.717) is 36.4 Å². The van der Waals surface area contributed by atoms with Gasteiger partial charge in [0, 0.05) is 18.5 Å². The first-order valence-corrected chi connectivity index (χ1v) is 11.3. The Kier molecular flexibility index (Phi) is 5.02. The second-order valence-electron chi connectivity index (χ2n) is 8.16. The highest BCUT2D eigenvalue weighted by atomic mass is 32.2. The van der Waals surface area contributed by atoms with Crippen LogP contribution >= 0.6 is 0 Å². The number of benzene rings is 2. The monoisotopic (exact) mass is 431 g/mol. The summed E-state index contributed by atoms with van der Waals surface area (Å²) in [4.78, 5) is 14.3. The molecule has 1 N–H and O–H groups in total. The highest BCUT2D eigenvalue weighted by molar-refractivity contribution is 7.91. The summed E-state index contributed by atoms with van der Waals surface area (Å²) in [7, 11) is -2.29. The fraction of sp³-hybridized carbons (Fsp3) is 0.409. The lowest BCUT2D eigenvalue weighted by Crippen LogP contribution is -2.53. The molecular weight excluding hydrogens is 406 g/mol. The number of amides is 1. The molecule has 0 bridgehead atoms. The molecule has 30 heavy (non-hydrogen) atoms. The number of likely N-dealkylation sites (tertiary alicyclic amines) is 1. The average Bonchev–Trinajstić information content (AvgIpc) is 3.14. The van der Waals surface area contributed by atoms with Crippen molar-refractivity contribution in [3.8, 4) is 11.5 Å². The van der Waals surface area contributed by atoms with E-state index in [4.69, 9.17) is 9.47 Å². The SMILES string of the molecule is COc1ccc(S(=O)(=O)c2ccc3c(c2)C(N2CCCC2=O)C(O)C(C)(C)O3)cc1. The van der Waals surface area contributed by atoms with E-state index in [9.17, 15) is 18.3 Å². The molecule has 0 aliphatic carbocycles. The molecule has 1 fully saturated rings. The molecule has 2 unspecified atom stereocenters. The molecule has 7 nitrogen and oxygen atoms in total. The Hall–Kier alpha value is -2.58. The standard InChI is InChI=1S/C22H25NO6S/c1-22(2)21(25)20(23-12-4-5-19(23)24)17-13-16(10-11-18(17)29-22)30(26,27)15-8-6-14(28-3)7-9-15/h6-11,13,20-21,25H,4-5,12H2,1-3H3. The average molecular weight is 432 g/mol. The number of aliphatic hydroxyl groups is 1. The van der Waals surface area contributed by atoms with Gasteiger partial charge in [0.25, 0.3) is 0 Å². The number of carbonyl (C=O) groups is 1. The van der Waals surface area contributed by atoms with E-state index >= 15 is 0 Å². The number of nitrogens with zero attached hydrogens (tertiary/aromatic N) is 1. The second-order valence-corrected chi connectivity index (χ2v) is 10.1. The Bertz CT molecular complexity index is 1080. The van der Waals surface area contributed by atoms with Crippen molar-refractivity contribution in [3.05, 3.63) is 48.0 Å². The summed E-state index contributed by atoms with van der Waals surface area (Å²) in [6, 6.07) is 10.1. The van der Waals surface area contributed by atoms with Crippen molar-refractivity contribution < 1.29 is 27.8 Å². The Labute approximate surface area is 176 Å². The molecule has 1 saturated heterocycles. The molecule has 0 aromatic heterocycles. The topological polar surface area (TPSA) is 93.1 Å². The quantitative estimate of drug-likeness (QED) is 0.800. The van der Waals surface area contributed by atoms with Gasteiger partial charge in [0.15, 0.2) is 0 Å². The maximum Gasteiger partial charge on any atom is 0.223 e. The number of carbonyl (C=O) groups excluding carboxylic acids is 1. The van der Waals surface area contributed by atoms with Gasteiger partial charge >= 0.3 is 0 Å². The molecule has 2 atom stereocenters. The summed E-state index contributed by atoms with van der Waals surface area (Å²) in [6.45, 7) is 4.04. The van der Waals surface area contributed by atoms with Crippen molar-refractivity contribution in [1.82, 2.24) is 4.90 Å². The Morgan fingerprint density at radius 2 is 1.80 bits per heavy atom. The largest absolute Gasteiger partial charge is 0.497 e. The van der Waals surface area contributed by atoms with Crippen LogP contribution in [0.15, 0.2) is 52.3 Å². The van der Waals surface area contributed by atoms with Crippen molar-refractivity contribution in [3.63, 3.8) is 0 Å². The molecule has 2 aliphatic heterocycles. The summed E-state index contributed by atoms with van der Waals surface area (Å²) in [5.41, 5.74) is -0.414. The van der Waals surface area contributed by atoms with Crippen LogP contribution in [0, 0.1) is 0 Å². The molecule has 0 spiro atoms. The molecule has 0 saturated carbocycles. The van der Waals surface area contributed by atoms with Crippen molar-refractivity contribution in [2.45, 2.75) is 54.2 Å². The molecule has 160 valence electrons. The van der Waals surface area contributed by atoms with Crippen LogP contribution in [0.3, 0.4) is 0 Å². The molecule has 4 rings (SSSR count). The van der Waals surface area contributed by atoms with Crippen LogP contribution in [0.5, 0.6) is 11.5 Å². The maximum absolute atomic E-state index is 13.2. The molecular formula is C22H25NO6S. The van der Waals surface area contributed by atoms with Crippen LogP contribution in [-0.2, 0) is 14.6 Å². The van der Waals surface area contributed by atoms with Gasteiger partial charge in [-0.1, -0.05) is 0 Å². The van der Waals surface area contributed by atoms with Crippen molar-refractivity contribution >= 4 is 15.7 Å². The lowest BCUT2D eigenvalue weighted by Gasteiger charge is -2.45. The third kappa shape index (κ3) is 3.33. The van der Waals surface area contributed by atoms with Gasteiger partial charge in [0.1, 0.15) is 23.2 Å². The van der Waals surface area contributed by atoms with Gasteiger partial charge in [0.05, 0.1) is 22.9 Å². The number of ether oxygens (including phenoxy) is 2. The van der Waals surface area contributed by atoms with Gasteiger partial charge in [-0.25, -0.2) is 8.42 Å². The first-order chi connectivity index (χ1) is 14.1. The van der Waals surface area contributed by atoms with Crippen LogP contribution in [0.2, 0.25) is 0 Å². The predicted molar refractivity (Wildman–Crippen MR) is 109 cm³/mol. The minimum Gasteiger partial charge on any atom is -0.497 e. The summed E-state index contributed by atoms with van der Waals surface area (Å²) in [5, 5.41) is 11.0. The Morgan fingerprint density at radius 1 is 1.13 bits per heavy atom. The minimum atomic E-state index is -3.80. The number of hydrogen-bond donors (Lipinski definition) is 1. The zero-order valence-electron chi connectivity index (χ0n) is 17.2. The fourth-order valence-corrected chi connectivity index (χ4v) is 5.40. The van der Waals surface area contributed by atoms with E-state index in [-0.39, 0.29) is 15.7 Å². The first-order valence-electron chi connectivity index (χ1n) is 9.85. The number of methoxy groups -OCH3 is 1. The molecule has 2 aliphatic rings.